The van der Waals surface area contributed by atoms with Gasteiger partial charge in [-0.2, -0.15) is 0 Å². The molecule has 0 radical (unpaired) electrons. The highest BCUT2D eigenvalue weighted by Gasteiger charge is 2.31. The normalized spacial score (nSPS) is 25.9. The lowest BCUT2D eigenvalue weighted by Crippen LogP contribution is -2.43. The van der Waals surface area contributed by atoms with Crippen LogP contribution in [0, 0.1) is 0 Å². The monoisotopic (exact) mass is 348 g/mol. The molecule has 2 aromatic heterocycles. The van der Waals surface area contributed by atoms with Crippen LogP contribution in [0.4, 0.5) is 0 Å². The SMILES string of the molecule is O=c1cc(CN2CCCC2CN2CCCC2CO)nc2sccn12. The Balaban J connectivity index is 1.47. The van der Waals surface area contributed by atoms with Crippen molar-refractivity contribution in [2.45, 2.75) is 44.3 Å². The van der Waals surface area contributed by atoms with Crippen LogP contribution in [-0.4, -0.2) is 62.6 Å². The Morgan fingerprint density at radius 1 is 1.21 bits per heavy atom. The van der Waals surface area contributed by atoms with Crippen LogP contribution in [0.25, 0.3) is 4.96 Å². The van der Waals surface area contributed by atoms with Crippen molar-refractivity contribution in [1.82, 2.24) is 19.2 Å². The maximum Gasteiger partial charge on any atom is 0.258 e. The molecule has 130 valence electrons. The Labute approximate surface area is 145 Å². The van der Waals surface area contributed by atoms with Gasteiger partial charge in [0.25, 0.3) is 5.56 Å². The first-order valence-electron chi connectivity index (χ1n) is 8.79. The summed E-state index contributed by atoms with van der Waals surface area (Å²) in [5.41, 5.74) is 0.876. The molecule has 7 heteroatoms. The first-order valence-corrected chi connectivity index (χ1v) is 9.67. The van der Waals surface area contributed by atoms with Crippen molar-refractivity contribution in [3.05, 3.63) is 33.7 Å². The largest absolute Gasteiger partial charge is 0.395 e. The Bertz CT molecular complexity index is 758. The van der Waals surface area contributed by atoms with Crippen molar-refractivity contribution >= 4 is 16.3 Å². The second-order valence-electron chi connectivity index (χ2n) is 6.88. The molecule has 4 heterocycles. The van der Waals surface area contributed by atoms with Crippen LogP contribution in [0.3, 0.4) is 0 Å². The molecule has 0 amide bonds. The fraction of sp³-hybridized carbons (Fsp3) is 0.647. The van der Waals surface area contributed by atoms with E-state index in [2.05, 4.69) is 14.8 Å². The van der Waals surface area contributed by atoms with Gasteiger partial charge in [-0.1, -0.05) is 0 Å². The molecular formula is C17H24N4O2S. The third-order valence-corrected chi connectivity index (χ3v) is 6.13. The average molecular weight is 348 g/mol. The first kappa shape index (κ1) is 16.2. The molecule has 6 nitrogen and oxygen atoms in total. The van der Waals surface area contributed by atoms with E-state index in [4.69, 9.17) is 0 Å². The fourth-order valence-corrected chi connectivity index (χ4v) is 4.84. The number of aliphatic hydroxyl groups is 1. The molecule has 2 unspecified atom stereocenters. The van der Waals surface area contributed by atoms with Gasteiger partial charge in [0.05, 0.1) is 12.3 Å². The zero-order valence-corrected chi connectivity index (χ0v) is 14.6. The molecule has 0 bridgehead atoms. The van der Waals surface area contributed by atoms with Crippen LogP contribution < -0.4 is 5.56 Å². The lowest BCUT2D eigenvalue weighted by atomic mass is 10.2. The zero-order valence-electron chi connectivity index (χ0n) is 13.8. The van der Waals surface area contributed by atoms with Crippen LogP contribution in [0.1, 0.15) is 31.4 Å². The van der Waals surface area contributed by atoms with Crippen molar-refractivity contribution in [1.29, 1.82) is 0 Å². The summed E-state index contributed by atoms with van der Waals surface area (Å²) < 4.78 is 1.60. The Kier molecular flexibility index (Phi) is 4.67. The van der Waals surface area contributed by atoms with E-state index >= 15 is 0 Å². The van der Waals surface area contributed by atoms with Crippen LogP contribution >= 0.6 is 11.3 Å². The zero-order chi connectivity index (χ0) is 16.5. The summed E-state index contributed by atoms with van der Waals surface area (Å²) in [6, 6.07) is 2.50. The molecule has 2 atom stereocenters. The summed E-state index contributed by atoms with van der Waals surface area (Å²) in [6.07, 6.45) is 6.46. The molecule has 2 aliphatic rings. The molecule has 0 aliphatic carbocycles. The number of nitrogens with zero attached hydrogens (tertiary/aromatic N) is 4. The van der Waals surface area contributed by atoms with Crippen LogP contribution in [-0.2, 0) is 6.54 Å². The number of likely N-dealkylation sites (tertiary alicyclic amines) is 2. The molecule has 0 saturated carbocycles. The molecule has 0 aromatic carbocycles. The number of hydrogen-bond acceptors (Lipinski definition) is 6. The molecule has 2 fully saturated rings. The van der Waals surface area contributed by atoms with E-state index in [1.807, 2.05) is 5.38 Å². The minimum atomic E-state index is 0.00637. The van der Waals surface area contributed by atoms with E-state index in [1.54, 1.807) is 16.7 Å². The molecule has 0 spiro atoms. The van der Waals surface area contributed by atoms with E-state index in [0.29, 0.717) is 12.1 Å². The minimum Gasteiger partial charge on any atom is -0.395 e. The predicted molar refractivity (Wildman–Crippen MR) is 94.5 cm³/mol. The Morgan fingerprint density at radius 2 is 2.00 bits per heavy atom. The van der Waals surface area contributed by atoms with Gasteiger partial charge in [-0.15, -0.1) is 11.3 Å². The quantitative estimate of drug-likeness (QED) is 0.879. The third kappa shape index (κ3) is 3.13. The topological polar surface area (TPSA) is 61.1 Å². The second kappa shape index (κ2) is 6.92. The summed E-state index contributed by atoms with van der Waals surface area (Å²) in [7, 11) is 0. The maximum absolute atomic E-state index is 12.2. The highest BCUT2D eigenvalue weighted by Crippen LogP contribution is 2.24. The molecule has 4 rings (SSSR count). The summed E-state index contributed by atoms with van der Waals surface area (Å²) >= 11 is 1.50. The highest BCUT2D eigenvalue weighted by atomic mass is 32.1. The maximum atomic E-state index is 12.2. The number of aromatic nitrogens is 2. The molecule has 1 N–H and O–H groups in total. The lowest BCUT2D eigenvalue weighted by Gasteiger charge is -2.31. The number of fused-ring (bicyclic) bond motifs is 1. The first-order chi connectivity index (χ1) is 11.7. The molecular weight excluding hydrogens is 324 g/mol. The van der Waals surface area contributed by atoms with E-state index in [0.717, 1.165) is 43.3 Å². The lowest BCUT2D eigenvalue weighted by molar-refractivity contribution is 0.119. The van der Waals surface area contributed by atoms with Gasteiger partial charge in [-0.05, 0) is 38.8 Å². The van der Waals surface area contributed by atoms with Crippen molar-refractivity contribution in [3.63, 3.8) is 0 Å². The molecule has 2 saturated heterocycles. The van der Waals surface area contributed by atoms with Crippen LogP contribution in [0.2, 0.25) is 0 Å². The van der Waals surface area contributed by atoms with E-state index < -0.39 is 0 Å². The summed E-state index contributed by atoms with van der Waals surface area (Å²) in [6.45, 7) is 4.18. The van der Waals surface area contributed by atoms with Gasteiger partial charge in [0.1, 0.15) is 0 Å². The van der Waals surface area contributed by atoms with Crippen molar-refractivity contribution < 1.29 is 5.11 Å². The van der Waals surface area contributed by atoms with E-state index in [-0.39, 0.29) is 12.2 Å². The van der Waals surface area contributed by atoms with Gasteiger partial charge >= 0.3 is 0 Å². The van der Waals surface area contributed by atoms with Crippen molar-refractivity contribution in [3.8, 4) is 0 Å². The Morgan fingerprint density at radius 3 is 2.83 bits per heavy atom. The summed E-state index contributed by atoms with van der Waals surface area (Å²) in [4.78, 5) is 22.5. The Hall–Kier alpha value is -1.28. The van der Waals surface area contributed by atoms with E-state index in [9.17, 15) is 9.90 Å². The summed E-state index contributed by atoms with van der Waals surface area (Å²) in [5.74, 6) is 0. The highest BCUT2D eigenvalue weighted by molar-refractivity contribution is 7.15. The van der Waals surface area contributed by atoms with Gasteiger partial charge in [-0.25, -0.2) is 4.98 Å². The van der Waals surface area contributed by atoms with Crippen molar-refractivity contribution in [2.75, 3.05) is 26.2 Å². The number of hydrogen-bond donors (Lipinski definition) is 1. The van der Waals surface area contributed by atoms with Gasteiger partial charge in [0, 0.05) is 42.8 Å². The number of aliphatic hydroxyl groups excluding tert-OH is 1. The predicted octanol–water partition coefficient (Wildman–Crippen LogP) is 1.18. The standard InChI is InChI=1S/C17H24N4O2S/c22-12-15-4-2-6-20(15)11-14-3-1-5-19(14)10-13-9-16(23)21-7-8-24-17(21)18-13/h7-9,14-15,22H,1-6,10-12H2. The van der Waals surface area contributed by atoms with Crippen molar-refractivity contribution in [2.24, 2.45) is 0 Å². The minimum absolute atomic E-state index is 0.00637. The van der Waals surface area contributed by atoms with Gasteiger partial charge in [-0.3, -0.25) is 19.0 Å². The summed E-state index contributed by atoms with van der Waals surface area (Å²) in [5, 5.41) is 11.4. The molecule has 2 aromatic rings. The number of rotatable bonds is 5. The number of thiazole rings is 1. The molecule has 24 heavy (non-hydrogen) atoms. The second-order valence-corrected chi connectivity index (χ2v) is 7.75. The van der Waals surface area contributed by atoms with Gasteiger partial charge in [0.15, 0.2) is 4.96 Å². The fourth-order valence-electron chi connectivity index (χ4n) is 4.10. The van der Waals surface area contributed by atoms with E-state index in [1.165, 1.54) is 30.6 Å². The smallest absolute Gasteiger partial charge is 0.258 e. The third-order valence-electron chi connectivity index (χ3n) is 5.38. The van der Waals surface area contributed by atoms with Gasteiger partial charge < -0.3 is 5.11 Å². The van der Waals surface area contributed by atoms with Crippen LogP contribution in [0.15, 0.2) is 22.4 Å². The van der Waals surface area contributed by atoms with Gasteiger partial charge in [0.2, 0.25) is 0 Å². The average Bonchev–Trinajstić information content (AvgIpc) is 3.29. The van der Waals surface area contributed by atoms with Crippen LogP contribution in [0.5, 0.6) is 0 Å². The molecule has 2 aliphatic heterocycles.